The summed E-state index contributed by atoms with van der Waals surface area (Å²) in [5.74, 6) is 0. The van der Waals surface area contributed by atoms with Gasteiger partial charge in [0.2, 0.25) is 0 Å². The van der Waals surface area contributed by atoms with Crippen molar-refractivity contribution in [3.8, 4) is 11.1 Å². The van der Waals surface area contributed by atoms with Crippen LogP contribution < -0.4 is 9.13 Å². The zero-order chi connectivity index (χ0) is 17.7. The molecule has 2 aromatic heterocycles. The molecule has 2 heterocycles. The molecule has 2 rings (SSSR count). The molecule has 2 nitrogen and oxygen atoms in total. The second-order valence-corrected chi connectivity index (χ2v) is 7.06. The van der Waals surface area contributed by atoms with E-state index in [9.17, 15) is 0 Å². The van der Waals surface area contributed by atoms with Crippen molar-refractivity contribution in [3.05, 3.63) is 49.1 Å². The van der Waals surface area contributed by atoms with Crippen LogP contribution in [0, 0.1) is 0 Å². The highest BCUT2D eigenvalue weighted by Crippen LogP contribution is 2.15. The van der Waals surface area contributed by atoms with Gasteiger partial charge in [0, 0.05) is 37.1 Å². The molecule has 0 bridgehead atoms. The summed E-state index contributed by atoms with van der Waals surface area (Å²) in [6.45, 7) is 4.47. The SMILES string of the molecule is CCCCCC[n+]1ccc(-c2cc[n+](CCCCCC=S)cc2)cc1. The Morgan fingerprint density at radius 2 is 1.20 bits per heavy atom. The summed E-state index contributed by atoms with van der Waals surface area (Å²) < 4.78 is 4.57. The Kier molecular flexibility index (Phi) is 9.35. The number of rotatable bonds is 12. The van der Waals surface area contributed by atoms with E-state index in [1.807, 2.05) is 5.37 Å². The molecule has 0 amide bonds. The summed E-state index contributed by atoms with van der Waals surface area (Å²) >= 11 is 4.86. The van der Waals surface area contributed by atoms with Crippen LogP contribution >= 0.6 is 12.2 Å². The molecule has 0 aromatic carbocycles. The third-order valence-corrected chi connectivity index (χ3v) is 4.86. The molecule has 0 atom stereocenters. The van der Waals surface area contributed by atoms with Gasteiger partial charge in [-0.2, -0.15) is 0 Å². The number of aryl methyl sites for hydroxylation is 2. The van der Waals surface area contributed by atoms with Crippen molar-refractivity contribution in [1.82, 2.24) is 0 Å². The maximum absolute atomic E-state index is 4.86. The van der Waals surface area contributed by atoms with Gasteiger partial charge in [0.05, 0.1) is 0 Å². The molecule has 0 saturated carbocycles. The fourth-order valence-corrected chi connectivity index (χ4v) is 3.18. The first-order valence-corrected chi connectivity index (χ1v) is 10.2. The molecule has 0 spiro atoms. The van der Waals surface area contributed by atoms with Gasteiger partial charge in [0.25, 0.3) is 0 Å². The molecular weight excluding hydrogens is 324 g/mol. The van der Waals surface area contributed by atoms with Crippen molar-refractivity contribution >= 4 is 17.6 Å². The minimum Gasteiger partial charge on any atom is -0.205 e. The fourth-order valence-electron chi connectivity index (χ4n) is 3.02. The molecule has 25 heavy (non-hydrogen) atoms. The minimum absolute atomic E-state index is 1.06. The summed E-state index contributed by atoms with van der Waals surface area (Å²) in [5, 5.41) is 1.84. The van der Waals surface area contributed by atoms with Gasteiger partial charge in [0.15, 0.2) is 24.8 Å². The van der Waals surface area contributed by atoms with Crippen LogP contribution in [0.25, 0.3) is 11.1 Å². The molecule has 134 valence electrons. The second kappa shape index (κ2) is 11.9. The number of thiocarbonyl (C=S) groups is 1. The zero-order valence-electron chi connectivity index (χ0n) is 15.6. The van der Waals surface area contributed by atoms with E-state index in [0.29, 0.717) is 0 Å². The van der Waals surface area contributed by atoms with Crippen molar-refractivity contribution in [2.75, 3.05) is 0 Å². The first-order valence-electron chi connectivity index (χ1n) is 9.75. The van der Waals surface area contributed by atoms with Crippen LogP contribution in [0.15, 0.2) is 49.1 Å². The summed E-state index contributed by atoms with van der Waals surface area (Å²) in [4.78, 5) is 0. The Hall–Kier alpha value is -1.61. The lowest BCUT2D eigenvalue weighted by Crippen LogP contribution is -2.33. The number of pyridine rings is 2. The van der Waals surface area contributed by atoms with Crippen molar-refractivity contribution in [3.63, 3.8) is 0 Å². The topological polar surface area (TPSA) is 7.76 Å². The lowest BCUT2D eigenvalue weighted by Gasteiger charge is -2.02. The number of nitrogens with zero attached hydrogens (tertiary/aromatic N) is 2. The molecule has 2 aromatic rings. The molecule has 0 aliphatic rings. The highest BCUT2D eigenvalue weighted by molar-refractivity contribution is 7.78. The van der Waals surface area contributed by atoms with E-state index >= 15 is 0 Å². The molecule has 0 aliphatic carbocycles. The van der Waals surface area contributed by atoms with E-state index in [4.69, 9.17) is 12.2 Å². The van der Waals surface area contributed by atoms with Gasteiger partial charge in [0.1, 0.15) is 13.1 Å². The Morgan fingerprint density at radius 3 is 1.64 bits per heavy atom. The Labute approximate surface area is 158 Å². The fraction of sp³-hybridized carbons (Fsp3) is 0.500. The molecule has 0 N–H and O–H groups in total. The molecule has 0 saturated heterocycles. The normalized spacial score (nSPS) is 10.8. The third kappa shape index (κ3) is 7.43. The Bertz CT molecular complexity index is 605. The van der Waals surface area contributed by atoms with E-state index in [1.54, 1.807) is 0 Å². The highest BCUT2D eigenvalue weighted by atomic mass is 32.1. The van der Waals surface area contributed by atoms with Crippen LogP contribution in [0.4, 0.5) is 0 Å². The maximum Gasteiger partial charge on any atom is 0.169 e. The van der Waals surface area contributed by atoms with Gasteiger partial charge in [-0.25, -0.2) is 9.13 Å². The number of hydrogen-bond acceptors (Lipinski definition) is 1. The average Bonchev–Trinajstić information content (AvgIpc) is 2.66. The monoisotopic (exact) mass is 356 g/mol. The molecule has 0 unspecified atom stereocenters. The highest BCUT2D eigenvalue weighted by Gasteiger charge is 2.05. The van der Waals surface area contributed by atoms with Crippen molar-refractivity contribution in [2.45, 2.75) is 71.4 Å². The number of aromatic nitrogens is 2. The molecular formula is C22H32N2S+2. The van der Waals surface area contributed by atoms with Crippen LogP contribution in [0.2, 0.25) is 0 Å². The third-order valence-electron chi connectivity index (χ3n) is 4.62. The number of hydrogen-bond donors (Lipinski definition) is 0. The largest absolute Gasteiger partial charge is 0.205 e. The van der Waals surface area contributed by atoms with E-state index in [2.05, 4.69) is 65.1 Å². The minimum atomic E-state index is 1.06. The predicted molar refractivity (Wildman–Crippen MR) is 109 cm³/mol. The van der Waals surface area contributed by atoms with Crippen molar-refractivity contribution in [2.24, 2.45) is 0 Å². The van der Waals surface area contributed by atoms with Gasteiger partial charge in [-0.15, -0.1) is 0 Å². The van der Waals surface area contributed by atoms with Crippen LogP contribution in [-0.4, -0.2) is 5.37 Å². The number of unbranched alkanes of at least 4 members (excludes halogenated alkanes) is 6. The van der Waals surface area contributed by atoms with Gasteiger partial charge in [-0.05, 0) is 42.2 Å². The van der Waals surface area contributed by atoms with Crippen LogP contribution in [0.1, 0.15) is 58.3 Å². The quantitative estimate of drug-likeness (QED) is 0.293. The van der Waals surface area contributed by atoms with Gasteiger partial charge >= 0.3 is 0 Å². The molecule has 0 fully saturated rings. The summed E-state index contributed by atoms with van der Waals surface area (Å²) in [7, 11) is 0. The Morgan fingerprint density at radius 1 is 0.720 bits per heavy atom. The second-order valence-electron chi connectivity index (χ2n) is 6.73. The smallest absolute Gasteiger partial charge is 0.169 e. The average molecular weight is 357 g/mol. The summed E-state index contributed by atoms with van der Waals surface area (Å²) in [6, 6.07) is 8.89. The van der Waals surface area contributed by atoms with Crippen LogP contribution in [-0.2, 0) is 13.1 Å². The first-order chi connectivity index (χ1) is 12.3. The molecule has 0 aliphatic heterocycles. The molecule has 3 heteroatoms. The van der Waals surface area contributed by atoms with Gasteiger partial charge < -0.3 is 0 Å². The maximum atomic E-state index is 4.86. The standard InChI is InChI=1S/C22H32N2S/c1-2-3-4-7-14-23-16-10-21(11-17-23)22-12-18-24(19-13-22)15-8-5-6-9-20-25/h10-13,16-20H,2-9,14-15H2,1H3/q+2. The van der Waals surface area contributed by atoms with E-state index < -0.39 is 0 Å². The summed E-state index contributed by atoms with van der Waals surface area (Å²) in [5.41, 5.74) is 2.58. The van der Waals surface area contributed by atoms with Crippen LogP contribution in [0.3, 0.4) is 0 Å². The predicted octanol–water partition coefficient (Wildman–Crippen LogP) is 5.07. The lowest BCUT2D eigenvalue weighted by molar-refractivity contribution is -0.697. The lowest BCUT2D eigenvalue weighted by atomic mass is 10.1. The summed E-state index contributed by atoms with van der Waals surface area (Å²) in [6.07, 6.45) is 18.8. The van der Waals surface area contributed by atoms with Gasteiger partial charge in [-0.3, -0.25) is 0 Å². The Balaban J connectivity index is 1.81. The van der Waals surface area contributed by atoms with E-state index in [-0.39, 0.29) is 0 Å². The van der Waals surface area contributed by atoms with Gasteiger partial charge in [-0.1, -0.05) is 32.0 Å². The first kappa shape index (κ1) is 19.7. The van der Waals surface area contributed by atoms with Crippen LogP contribution in [0.5, 0.6) is 0 Å². The zero-order valence-corrected chi connectivity index (χ0v) is 16.4. The molecule has 0 radical (unpaired) electrons. The van der Waals surface area contributed by atoms with E-state index in [1.165, 1.54) is 56.1 Å². The van der Waals surface area contributed by atoms with Crippen molar-refractivity contribution in [1.29, 1.82) is 0 Å². The van der Waals surface area contributed by atoms with E-state index in [0.717, 1.165) is 19.5 Å². The van der Waals surface area contributed by atoms with Crippen molar-refractivity contribution < 1.29 is 9.13 Å².